The number of ether oxygens (including phenoxy) is 4. The standard InChI is InChI=1S/C76H131NO8/c1-6-8-10-12-14-16-18-20-22-24-26-27-28-29-30-31-32-33-34-35-36-37-38-39-40-41-42-43-44-45-46-47-49-51-53-55-57-59-61-63-65-67-74(79)85-72(71-84-76(75(80)81)82-69-68-77(3,4)5)70-83-73(78)66-64-62-60-58-56-54-52-50-48-25-23-21-19-17-15-13-11-9-7-2/h8-11,14-17,20-23,26-27,29-30,48,50,72,76H,6-7,12-13,18-19,24-25,28,31-47,49,51-71H2,1-5H3/b10-8-,11-9-,16-14-,17-15-,22-20-,23-21-,27-26-,30-29-,50-48-. The zero-order valence-corrected chi connectivity index (χ0v) is 55.7. The summed E-state index contributed by atoms with van der Waals surface area (Å²) >= 11 is 0. The zero-order chi connectivity index (χ0) is 61.9. The summed E-state index contributed by atoms with van der Waals surface area (Å²) in [5, 5.41) is 11.8. The minimum absolute atomic E-state index is 0.143. The summed E-state index contributed by atoms with van der Waals surface area (Å²) in [6, 6.07) is 0. The molecule has 0 heterocycles. The molecule has 0 spiro atoms. The third kappa shape index (κ3) is 67.3. The van der Waals surface area contributed by atoms with Crippen LogP contribution in [0.2, 0.25) is 0 Å². The van der Waals surface area contributed by atoms with Gasteiger partial charge in [0, 0.05) is 12.8 Å². The van der Waals surface area contributed by atoms with Crippen LogP contribution in [0, 0.1) is 0 Å². The van der Waals surface area contributed by atoms with Gasteiger partial charge in [0.15, 0.2) is 12.4 Å². The lowest BCUT2D eigenvalue weighted by Gasteiger charge is -2.26. The minimum Gasteiger partial charge on any atom is -0.545 e. The quantitative estimate of drug-likeness (QED) is 0.0195. The van der Waals surface area contributed by atoms with Crippen molar-refractivity contribution in [1.82, 2.24) is 0 Å². The van der Waals surface area contributed by atoms with Crippen molar-refractivity contribution in [2.45, 2.75) is 309 Å². The first-order chi connectivity index (χ1) is 41.6. The van der Waals surface area contributed by atoms with Crippen LogP contribution in [0.3, 0.4) is 0 Å². The van der Waals surface area contributed by atoms with E-state index in [9.17, 15) is 19.5 Å². The van der Waals surface area contributed by atoms with Gasteiger partial charge in [-0.25, -0.2) is 0 Å². The van der Waals surface area contributed by atoms with Crippen molar-refractivity contribution in [3.8, 4) is 0 Å². The van der Waals surface area contributed by atoms with Gasteiger partial charge in [-0.1, -0.05) is 297 Å². The van der Waals surface area contributed by atoms with E-state index >= 15 is 0 Å². The average molecular weight is 1190 g/mol. The number of carbonyl (C=O) groups is 3. The molecule has 0 aromatic carbocycles. The number of aliphatic carboxylic acids is 1. The first-order valence-corrected chi connectivity index (χ1v) is 35.0. The van der Waals surface area contributed by atoms with Crippen molar-refractivity contribution in [1.29, 1.82) is 0 Å². The van der Waals surface area contributed by atoms with E-state index < -0.39 is 24.3 Å². The van der Waals surface area contributed by atoms with Crippen LogP contribution in [0.4, 0.5) is 0 Å². The van der Waals surface area contributed by atoms with E-state index in [0.29, 0.717) is 17.4 Å². The predicted molar refractivity (Wildman–Crippen MR) is 361 cm³/mol. The summed E-state index contributed by atoms with van der Waals surface area (Å²) in [5.41, 5.74) is 0. The number of esters is 2. The first-order valence-electron chi connectivity index (χ1n) is 35.0. The lowest BCUT2D eigenvalue weighted by atomic mass is 10.0. The van der Waals surface area contributed by atoms with Gasteiger partial charge in [-0.15, -0.1) is 0 Å². The maximum absolute atomic E-state index is 12.9. The molecule has 0 amide bonds. The number of likely N-dealkylation sites (N-methyl/N-ethyl adjacent to an activating group) is 1. The van der Waals surface area contributed by atoms with Crippen LogP contribution in [0.25, 0.3) is 0 Å². The molecular formula is C76H131NO8. The van der Waals surface area contributed by atoms with E-state index in [-0.39, 0.29) is 38.6 Å². The predicted octanol–water partition coefficient (Wildman–Crippen LogP) is 20.5. The highest BCUT2D eigenvalue weighted by Gasteiger charge is 2.22. The lowest BCUT2D eigenvalue weighted by molar-refractivity contribution is -0.870. The summed E-state index contributed by atoms with van der Waals surface area (Å²) < 4.78 is 22.8. The lowest BCUT2D eigenvalue weighted by Crippen LogP contribution is -2.44. The van der Waals surface area contributed by atoms with Crippen LogP contribution in [0.15, 0.2) is 109 Å². The molecule has 0 aromatic heterocycles. The fourth-order valence-electron chi connectivity index (χ4n) is 9.73. The fourth-order valence-corrected chi connectivity index (χ4v) is 9.73. The van der Waals surface area contributed by atoms with E-state index in [4.69, 9.17) is 18.9 Å². The van der Waals surface area contributed by atoms with Gasteiger partial charge >= 0.3 is 11.9 Å². The highest BCUT2D eigenvalue weighted by atomic mass is 16.7. The van der Waals surface area contributed by atoms with Crippen molar-refractivity contribution >= 4 is 17.9 Å². The molecule has 0 aromatic rings. The van der Waals surface area contributed by atoms with E-state index in [1.165, 1.54) is 148 Å². The van der Waals surface area contributed by atoms with Gasteiger partial charge < -0.3 is 33.3 Å². The second-order valence-electron chi connectivity index (χ2n) is 24.4. The second kappa shape index (κ2) is 65.9. The van der Waals surface area contributed by atoms with E-state index in [1.807, 2.05) is 21.1 Å². The number of carbonyl (C=O) groups excluding carboxylic acids is 3. The number of allylic oxidation sites excluding steroid dienone is 18. The Kier molecular flexibility index (Phi) is 62.8. The first kappa shape index (κ1) is 81.0. The van der Waals surface area contributed by atoms with Crippen LogP contribution in [0.5, 0.6) is 0 Å². The summed E-state index contributed by atoms with van der Waals surface area (Å²) in [5.74, 6) is -2.29. The van der Waals surface area contributed by atoms with Crippen LogP contribution in [0.1, 0.15) is 296 Å². The number of rotatable bonds is 64. The fraction of sp³-hybridized carbons (Fsp3) is 0.724. The van der Waals surface area contributed by atoms with E-state index in [1.54, 1.807) is 0 Å². The number of unbranched alkanes of at least 4 members (excludes halogenated alkanes) is 31. The maximum Gasteiger partial charge on any atom is 0.306 e. The average Bonchev–Trinajstić information content (AvgIpc) is 3.49. The molecule has 0 aliphatic heterocycles. The molecule has 0 rings (SSSR count). The van der Waals surface area contributed by atoms with Crippen LogP contribution >= 0.6 is 0 Å². The Bertz CT molecular complexity index is 1760. The molecule has 0 saturated heterocycles. The van der Waals surface area contributed by atoms with Gasteiger partial charge in [0.05, 0.1) is 40.3 Å². The molecule has 0 fully saturated rings. The van der Waals surface area contributed by atoms with Crippen molar-refractivity contribution in [2.24, 2.45) is 0 Å². The van der Waals surface area contributed by atoms with Crippen LogP contribution in [-0.4, -0.2) is 82.3 Å². The monoisotopic (exact) mass is 1190 g/mol. The van der Waals surface area contributed by atoms with Crippen LogP contribution in [-0.2, 0) is 33.3 Å². The number of hydrogen-bond donors (Lipinski definition) is 0. The number of carboxylic acids is 1. The topological polar surface area (TPSA) is 111 Å². The molecule has 9 heteroatoms. The third-order valence-electron chi connectivity index (χ3n) is 15.0. The zero-order valence-electron chi connectivity index (χ0n) is 55.7. The summed E-state index contributed by atoms with van der Waals surface area (Å²) in [4.78, 5) is 37.4. The Morgan fingerprint density at radius 2 is 0.635 bits per heavy atom. The smallest absolute Gasteiger partial charge is 0.306 e. The molecule has 0 saturated carbocycles. The molecule has 0 N–H and O–H groups in total. The highest BCUT2D eigenvalue weighted by molar-refractivity contribution is 5.70. The Hall–Kier alpha value is -4.05. The molecule has 2 unspecified atom stereocenters. The SMILES string of the molecule is CC/C=C\C/C=C\C/C=C\C/C=C\C/C=C\CCCCCCCCCCCCCCCCCCCCCCCCCCCC(=O)OC(COC(=O)CCCCCCCC/C=C\C/C=C\C/C=C\C/C=C\CC)COC(OCC[N+](C)(C)C)C(=O)[O-]. The Labute approximate surface area is 524 Å². The molecule has 0 bridgehead atoms. The highest BCUT2D eigenvalue weighted by Crippen LogP contribution is 2.18. The second-order valence-corrected chi connectivity index (χ2v) is 24.4. The number of hydrogen-bond acceptors (Lipinski definition) is 8. The number of nitrogens with zero attached hydrogens (tertiary/aromatic N) is 1. The normalized spacial score (nSPS) is 13.4. The largest absolute Gasteiger partial charge is 0.545 e. The molecule has 0 aliphatic rings. The third-order valence-corrected chi connectivity index (χ3v) is 15.0. The minimum atomic E-state index is -1.63. The molecule has 85 heavy (non-hydrogen) atoms. The van der Waals surface area contributed by atoms with Gasteiger partial charge in [0.2, 0.25) is 0 Å². The van der Waals surface area contributed by atoms with Gasteiger partial charge in [-0.2, -0.15) is 0 Å². The van der Waals surface area contributed by atoms with Gasteiger partial charge in [-0.05, 0) is 96.3 Å². The van der Waals surface area contributed by atoms with Crippen molar-refractivity contribution in [2.75, 3.05) is 47.5 Å². The molecule has 2 atom stereocenters. The summed E-state index contributed by atoms with van der Waals surface area (Å²) in [6.45, 7) is 4.52. The van der Waals surface area contributed by atoms with E-state index in [0.717, 1.165) is 116 Å². The number of quaternary nitrogens is 1. The summed E-state index contributed by atoms with van der Waals surface area (Å²) in [7, 11) is 5.92. The van der Waals surface area contributed by atoms with Crippen molar-refractivity contribution < 1.29 is 42.9 Å². The molecular weight excluding hydrogens is 1050 g/mol. The number of carboxylic acid groups (broad SMARTS) is 1. The molecule has 0 aliphatic carbocycles. The van der Waals surface area contributed by atoms with Gasteiger partial charge in [0.25, 0.3) is 0 Å². The Morgan fingerprint density at radius 1 is 0.353 bits per heavy atom. The van der Waals surface area contributed by atoms with Gasteiger partial charge in [-0.3, -0.25) is 9.59 Å². The van der Waals surface area contributed by atoms with Gasteiger partial charge in [0.1, 0.15) is 13.2 Å². The maximum atomic E-state index is 12.9. The molecule has 9 nitrogen and oxygen atoms in total. The summed E-state index contributed by atoms with van der Waals surface area (Å²) in [6.07, 6.45) is 89.0. The van der Waals surface area contributed by atoms with Crippen molar-refractivity contribution in [3.05, 3.63) is 109 Å². The van der Waals surface area contributed by atoms with Crippen LogP contribution < -0.4 is 5.11 Å². The van der Waals surface area contributed by atoms with E-state index in [2.05, 4.69) is 123 Å². The molecule has 488 valence electrons. The Balaban J connectivity index is 3.99. The van der Waals surface area contributed by atoms with Crippen molar-refractivity contribution in [3.63, 3.8) is 0 Å². The molecule has 0 radical (unpaired) electrons. The Morgan fingerprint density at radius 3 is 0.941 bits per heavy atom.